The van der Waals surface area contributed by atoms with Gasteiger partial charge in [0.25, 0.3) is 0 Å². The summed E-state index contributed by atoms with van der Waals surface area (Å²) in [6.07, 6.45) is 6.72. The molecular formula is C10H15BrN2O. The molecule has 0 aliphatic heterocycles. The van der Waals surface area contributed by atoms with Crippen molar-refractivity contribution < 1.29 is 4.74 Å². The van der Waals surface area contributed by atoms with Crippen LogP contribution in [0.5, 0.6) is 5.75 Å². The summed E-state index contributed by atoms with van der Waals surface area (Å²) in [6.45, 7) is 2.87. The number of pyridine rings is 1. The molecule has 0 bridgehead atoms. The predicted octanol–water partition coefficient (Wildman–Crippen LogP) is 3.00. The number of aromatic nitrogens is 1. The third-order valence-electron chi connectivity index (χ3n) is 1.87. The van der Waals surface area contributed by atoms with Gasteiger partial charge in [0.15, 0.2) is 5.75 Å². The van der Waals surface area contributed by atoms with Crippen molar-refractivity contribution in [3.05, 3.63) is 16.9 Å². The number of halogens is 1. The van der Waals surface area contributed by atoms with E-state index in [0.717, 1.165) is 10.9 Å². The monoisotopic (exact) mass is 258 g/mol. The zero-order chi connectivity index (χ0) is 10.4. The second-order valence-electron chi connectivity index (χ2n) is 3.10. The molecule has 0 spiro atoms. The van der Waals surface area contributed by atoms with Gasteiger partial charge in [0, 0.05) is 6.20 Å². The molecular weight excluding hydrogens is 244 g/mol. The van der Waals surface area contributed by atoms with E-state index in [1.54, 1.807) is 12.4 Å². The molecule has 3 nitrogen and oxygen atoms in total. The van der Waals surface area contributed by atoms with E-state index in [1.807, 2.05) is 0 Å². The largest absolute Gasteiger partial charge is 0.490 e. The summed E-state index contributed by atoms with van der Waals surface area (Å²) in [7, 11) is 0. The molecule has 1 heterocycles. The van der Waals surface area contributed by atoms with Gasteiger partial charge in [-0.15, -0.1) is 0 Å². The maximum absolute atomic E-state index is 5.72. The molecule has 14 heavy (non-hydrogen) atoms. The van der Waals surface area contributed by atoms with E-state index in [4.69, 9.17) is 10.5 Å². The lowest BCUT2D eigenvalue weighted by Crippen LogP contribution is -2.01. The molecule has 0 unspecified atom stereocenters. The van der Waals surface area contributed by atoms with Crippen molar-refractivity contribution in [1.82, 2.24) is 4.98 Å². The number of nitrogens with two attached hydrogens (primary N) is 1. The molecule has 2 N–H and O–H groups in total. The van der Waals surface area contributed by atoms with Gasteiger partial charge in [-0.25, -0.2) is 0 Å². The van der Waals surface area contributed by atoms with Crippen LogP contribution in [0.3, 0.4) is 0 Å². The van der Waals surface area contributed by atoms with Gasteiger partial charge >= 0.3 is 0 Å². The third-order valence-corrected chi connectivity index (χ3v) is 2.44. The van der Waals surface area contributed by atoms with E-state index < -0.39 is 0 Å². The van der Waals surface area contributed by atoms with E-state index >= 15 is 0 Å². The zero-order valence-corrected chi connectivity index (χ0v) is 9.88. The number of hydrogen-bond acceptors (Lipinski definition) is 3. The quantitative estimate of drug-likeness (QED) is 0.827. The van der Waals surface area contributed by atoms with Crippen LogP contribution in [0.25, 0.3) is 0 Å². The summed E-state index contributed by atoms with van der Waals surface area (Å²) in [5, 5.41) is 0. The number of anilines is 1. The molecule has 0 aliphatic rings. The van der Waals surface area contributed by atoms with Crippen molar-refractivity contribution >= 4 is 21.6 Å². The SMILES string of the molecule is CCCCCOc1c(N)cncc1Br. The highest BCUT2D eigenvalue weighted by molar-refractivity contribution is 9.10. The number of unbranched alkanes of at least 4 members (excludes halogenated alkanes) is 2. The first kappa shape index (κ1) is 11.3. The Labute approximate surface area is 92.8 Å². The highest BCUT2D eigenvalue weighted by Crippen LogP contribution is 2.29. The van der Waals surface area contributed by atoms with E-state index in [0.29, 0.717) is 18.0 Å². The maximum atomic E-state index is 5.72. The maximum Gasteiger partial charge on any atom is 0.159 e. The van der Waals surface area contributed by atoms with Gasteiger partial charge in [-0.2, -0.15) is 0 Å². The molecule has 4 heteroatoms. The minimum absolute atomic E-state index is 0.580. The summed E-state index contributed by atoms with van der Waals surface area (Å²) in [5.41, 5.74) is 6.30. The minimum atomic E-state index is 0.580. The van der Waals surface area contributed by atoms with Gasteiger partial charge < -0.3 is 10.5 Å². The molecule has 0 atom stereocenters. The van der Waals surface area contributed by atoms with Crippen molar-refractivity contribution in [3.63, 3.8) is 0 Å². The van der Waals surface area contributed by atoms with E-state index in [-0.39, 0.29) is 0 Å². The Kier molecular flexibility index (Phi) is 4.73. The fourth-order valence-electron chi connectivity index (χ4n) is 1.12. The molecule has 0 aromatic carbocycles. The topological polar surface area (TPSA) is 48.1 Å². The van der Waals surface area contributed by atoms with E-state index in [9.17, 15) is 0 Å². The van der Waals surface area contributed by atoms with E-state index in [2.05, 4.69) is 27.8 Å². The van der Waals surface area contributed by atoms with Crippen LogP contribution in [-0.2, 0) is 0 Å². The number of ether oxygens (including phenoxy) is 1. The van der Waals surface area contributed by atoms with Crippen LogP contribution in [0.15, 0.2) is 16.9 Å². The molecule has 1 aromatic rings. The first-order chi connectivity index (χ1) is 6.75. The Morgan fingerprint density at radius 1 is 1.43 bits per heavy atom. The average molecular weight is 259 g/mol. The molecule has 0 amide bonds. The lowest BCUT2D eigenvalue weighted by Gasteiger charge is -2.09. The van der Waals surface area contributed by atoms with Crippen LogP contribution in [0.2, 0.25) is 0 Å². The molecule has 0 radical (unpaired) electrons. The number of nitrogen functional groups attached to an aromatic ring is 1. The Balaban J connectivity index is 2.49. The predicted molar refractivity (Wildman–Crippen MR) is 61.4 cm³/mol. The lowest BCUT2D eigenvalue weighted by molar-refractivity contribution is 0.306. The van der Waals surface area contributed by atoms with Crippen molar-refractivity contribution in [2.75, 3.05) is 12.3 Å². The smallest absolute Gasteiger partial charge is 0.159 e. The van der Waals surface area contributed by atoms with Crippen molar-refractivity contribution in [2.24, 2.45) is 0 Å². The molecule has 78 valence electrons. The molecule has 0 fully saturated rings. The van der Waals surface area contributed by atoms with Crippen molar-refractivity contribution in [3.8, 4) is 5.75 Å². The van der Waals surface area contributed by atoms with Gasteiger partial charge in [-0.3, -0.25) is 4.98 Å². The van der Waals surface area contributed by atoms with Crippen LogP contribution in [0, 0.1) is 0 Å². The average Bonchev–Trinajstić information content (AvgIpc) is 2.16. The van der Waals surface area contributed by atoms with Crippen molar-refractivity contribution in [2.45, 2.75) is 26.2 Å². The fraction of sp³-hybridized carbons (Fsp3) is 0.500. The Bertz CT molecular complexity index is 271. The van der Waals surface area contributed by atoms with Crippen LogP contribution in [0.1, 0.15) is 26.2 Å². The fourth-order valence-corrected chi connectivity index (χ4v) is 1.58. The molecule has 1 aromatic heterocycles. The van der Waals surface area contributed by atoms with Crippen LogP contribution >= 0.6 is 15.9 Å². The van der Waals surface area contributed by atoms with Gasteiger partial charge in [-0.1, -0.05) is 19.8 Å². The highest BCUT2D eigenvalue weighted by Gasteiger charge is 2.05. The molecule has 0 saturated heterocycles. The normalized spacial score (nSPS) is 10.1. The second kappa shape index (κ2) is 5.86. The summed E-state index contributed by atoms with van der Waals surface area (Å²) in [4.78, 5) is 3.94. The Morgan fingerprint density at radius 3 is 2.86 bits per heavy atom. The summed E-state index contributed by atoms with van der Waals surface area (Å²) < 4.78 is 6.37. The molecule has 0 saturated carbocycles. The van der Waals surface area contributed by atoms with Gasteiger partial charge in [0.1, 0.15) is 0 Å². The zero-order valence-electron chi connectivity index (χ0n) is 8.29. The molecule has 1 rings (SSSR count). The van der Waals surface area contributed by atoms with Crippen LogP contribution in [0.4, 0.5) is 5.69 Å². The Hall–Kier alpha value is -0.770. The first-order valence-corrected chi connectivity index (χ1v) is 5.56. The summed E-state index contributed by atoms with van der Waals surface area (Å²) in [5.74, 6) is 0.705. The standard InChI is InChI=1S/C10H15BrN2O/c1-2-3-4-5-14-10-8(11)6-13-7-9(10)12/h6-7H,2-5,12H2,1H3. The van der Waals surface area contributed by atoms with Crippen LogP contribution < -0.4 is 10.5 Å². The number of rotatable bonds is 5. The van der Waals surface area contributed by atoms with Gasteiger partial charge in [0.2, 0.25) is 0 Å². The minimum Gasteiger partial charge on any atom is -0.490 e. The summed E-state index contributed by atoms with van der Waals surface area (Å²) >= 11 is 3.35. The number of nitrogens with zero attached hydrogens (tertiary/aromatic N) is 1. The molecule has 0 aliphatic carbocycles. The van der Waals surface area contributed by atoms with E-state index in [1.165, 1.54) is 12.8 Å². The van der Waals surface area contributed by atoms with Gasteiger partial charge in [-0.05, 0) is 22.4 Å². The van der Waals surface area contributed by atoms with Gasteiger partial charge in [0.05, 0.1) is 23.0 Å². The van der Waals surface area contributed by atoms with Crippen LogP contribution in [-0.4, -0.2) is 11.6 Å². The summed E-state index contributed by atoms with van der Waals surface area (Å²) in [6, 6.07) is 0. The number of hydrogen-bond donors (Lipinski definition) is 1. The lowest BCUT2D eigenvalue weighted by atomic mass is 10.3. The Morgan fingerprint density at radius 2 is 2.21 bits per heavy atom. The van der Waals surface area contributed by atoms with Crippen molar-refractivity contribution in [1.29, 1.82) is 0 Å². The second-order valence-corrected chi connectivity index (χ2v) is 3.95. The first-order valence-electron chi connectivity index (χ1n) is 4.77. The highest BCUT2D eigenvalue weighted by atomic mass is 79.9. The third kappa shape index (κ3) is 3.18.